The van der Waals surface area contributed by atoms with Gasteiger partial charge in [0, 0.05) is 86.2 Å². The molecule has 9 heterocycles. The Morgan fingerprint density at radius 3 is 1.22 bits per heavy atom. The van der Waals surface area contributed by atoms with E-state index in [1.165, 1.54) is 35.7 Å². The molecule has 10 N–H and O–H groups in total. The van der Waals surface area contributed by atoms with Gasteiger partial charge in [0.25, 0.3) is 0 Å². The number of nitrogens with zero attached hydrogens (tertiary/aromatic N) is 13. The maximum atomic E-state index is 12.9. The summed E-state index contributed by atoms with van der Waals surface area (Å²) in [6, 6.07) is 45.2. The van der Waals surface area contributed by atoms with E-state index in [0.29, 0.717) is 34.4 Å². The molecule has 9 aromatic heterocycles. The summed E-state index contributed by atoms with van der Waals surface area (Å²) in [5.74, 6) is 2.18. The molecule has 0 aliphatic carbocycles. The summed E-state index contributed by atoms with van der Waals surface area (Å²) in [6.07, 6.45) is 2.88. The van der Waals surface area contributed by atoms with Crippen LogP contribution in [0.3, 0.4) is 0 Å². The zero-order chi connectivity index (χ0) is 75.9. The number of anilines is 6. The summed E-state index contributed by atoms with van der Waals surface area (Å²) in [6.45, 7) is 19.2. The number of urea groups is 3. The number of rotatable bonds is 16. The number of carbonyl (C=O) groups is 3. The molecule has 0 unspecified atom stereocenters. The van der Waals surface area contributed by atoms with Gasteiger partial charge in [0.1, 0.15) is 29.6 Å². The molecule has 548 valence electrons. The number of imidazole rings is 1. The number of carbonyl (C=O) groups excluding carboxylic acids is 3. The molecule has 0 aliphatic heterocycles. The maximum absolute atomic E-state index is 12.9. The molecule has 0 radical (unpaired) electrons. The molecular formula is C71H71N23O9S4. The van der Waals surface area contributed by atoms with Crippen molar-refractivity contribution in [2.45, 2.75) is 98.2 Å². The number of aromatic amines is 4. The molecule has 0 saturated heterocycles. The molecule has 0 saturated carbocycles. The Hall–Kier alpha value is -12.8. The lowest BCUT2D eigenvalue weighted by atomic mass is 9.92. The fourth-order valence-electron chi connectivity index (χ4n) is 10.3. The van der Waals surface area contributed by atoms with Crippen molar-refractivity contribution in [3.8, 4) is 28.3 Å². The first-order valence-corrected chi connectivity index (χ1v) is 36.2. The van der Waals surface area contributed by atoms with Crippen LogP contribution in [0.25, 0.3) is 39.4 Å². The van der Waals surface area contributed by atoms with Gasteiger partial charge in [-0.25, -0.2) is 74.6 Å². The van der Waals surface area contributed by atoms with Gasteiger partial charge in [-0.1, -0.05) is 141 Å². The zero-order valence-electron chi connectivity index (χ0n) is 58.9. The molecule has 107 heavy (non-hydrogen) atoms. The Labute approximate surface area is 623 Å². The van der Waals surface area contributed by atoms with Crippen LogP contribution >= 0.6 is 45.9 Å². The predicted octanol–water partition coefficient (Wildman–Crippen LogP) is 11.1. The van der Waals surface area contributed by atoms with Crippen LogP contribution in [0.4, 0.5) is 48.7 Å². The molecule has 14 aromatic rings. The highest BCUT2D eigenvalue weighted by Gasteiger charge is 2.26. The number of H-pyrrole nitrogens is 4. The normalized spacial score (nSPS) is 11.5. The summed E-state index contributed by atoms with van der Waals surface area (Å²) in [5, 5.41) is 33.3. The third kappa shape index (κ3) is 18.8. The van der Waals surface area contributed by atoms with Crippen molar-refractivity contribution in [3.63, 3.8) is 0 Å². The minimum Gasteiger partial charge on any atom is -0.324 e. The standard InChI is InChI=1S/C26H25N7O3S2.C24H24N8O3S.C21H22N8O3S/c1-26(2,3)20-13-21(28-22(34)29-23-27-19(15-37-23)17-7-5-4-6-8-17)33(31-20)18-11-9-16(10-12-18)14-32-24(35)30-25(36)38-32;1-24(2,3)18-12-19(27-21(33)28-20-25-16-6-4-5-7-17(16)26-20)32(30-18)15-10-8-14(9-11-15)13-31-22(34)29-23(35)36-31;1-21(2,3)15-10-17(25-18(30)24-16-8-9-22-12-23-16)29(27-15)14-6-4-13(5-7-14)11-28-19(31)26-20(32)33-28/h4-13,15H,14H2,1-3H3,(H,30,35,36)(H2,27,28,29,34);4-12H,13H2,1-3H3,(H,29,34,35)(H3,25,26,27,28,33);4-10,12H,11H2,1-3H3,(H,26,31,32)(H2,22,23,24,25,30). The minimum atomic E-state index is -0.464. The molecule has 0 fully saturated rings. The number of fused-ring (bicyclic) bond motifs is 1. The second-order valence-corrected chi connectivity index (χ2v) is 30.9. The number of nitrogens with one attached hydrogen (secondary N) is 10. The Balaban J connectivity index is 0.000000151. The first-order chi connectivity index (χ1) is 51.0. The molecule has 36 heteroatoms. The van der Waals surface area contributed by atoms with Crippen LogP contribution in [0.5, 0.6) is 0 Å². The molecule has 5 aromatic carbocycles. The molecule has 0 aliphatic rings. The van der Waals surface area contributed by atoms with Gasteiger partial charge in [0.15, 0.2) is 5.13 Å². The highest BCUT2D eigenvalue weighted by atomic mass is 32.1. The van der Waals surface area contributed by atoms with Crippen LogP contribution in [-0.4, -0.2) is 99.2 Å². The van der Waals surface area contributed by atoms with Crippen molar-refractivity contribution >= 4 is 109 Å². The quantitative estimate of drug-likeness (QED) is 0.0430. The number of thiazole rings is 1. The smallest absolute Gasteiger partial charge is 0.324 e. The van der Waals surface area contributed by atoms with Crippen LogP contribution in [-0.2, 0) is 35.9 Å². The molecule has 0 atom stereocenters. The van der Waals surface area contributed by atoms with Crippen molar-refractivity contribution in [1.29, 1.82) is 0 Å². The van der Waals surface area contributed by atoms with Crippen molar-refractivity contribution in [2.75, 3.05) is 31.9 Å². The van der Waals surface area contributed by atoms with Gasteiger partial charge in [0.05, 0.1) is 70.5 Å². The lowest BCUT2D eigenvalue weighted by Gasteiger charge is -2.14. The number of hydrogen-bond acceptors (Lipinski definition) is 20. The average molecular weight is 1520 g/mol. The number of amides is 6. The Bertz CT molecular complexity index is 5830. The third-order valence-electron chi connectivity index (χ3n) is 15.8. The van der Waals surface area contributed by atoms with E-state index in [0.717, 1.165) is 108 Å². The van der Waals surface area contributed by atoms with Crippen molar-refractivity contribution in [2.24, 2.45) is 0 Å². The van der Waals surface area contributed by atoms with Crippen molar-refractivity contribution < 1.29 is 14.4 Å². The van der Waals surface area contributed by atoms with Crippen LogP contribution in [0.15, 0.2) is 198 Å². The third-order valence-corrected chi connectivity index (χ3v) is 18.9. The lowest BCUT2D eigenvalue weighted by Crippen LogP contribution is -2.22. The van der Waals surface area contributed by atoms with Gasteiger partial charge in [-0.05, 0) is 71.3 Å². The Morgan fingerprint density at radius 2 is 0.841 bits per heavy atom. The van der Waals surface area contributed by atoms with Crippen LogP contribution < -0.4 is 63.6 Å². The molecule has 14 rings (SSSR count). The van der Waals surface area contributed by atoms with E-state index in [9.17, 15) is 43.2 Å². The summed E-state index contributed by atoms with van der Waals surface area (Å²) in [7, 11) is 0. The van der Waals surface area contributed by atoms with Gasteiger partial charge in [-0.3, -0.25) is 61.2 Å². The monoisotopic (exact) mass is 1520 g/mol. The summed E-state index contributed by atoms with van der Waals surface area (Å²) in [4.78, 5) is 133. The largest absolute Gasteiger partial charge is 0.338 e. The first kappa shape index (κ1) is 73.9. The zero-order valence-corrected chi connectivity index (χ0v) is 62.2. The predicted molar refractivity (Wildman–Crippen MR) is 415 cm³/mol. The SMILES string of the molecule is CC(C)(C)c1cc(NC(=O)Nc2ccncn2)n(-c2ccc(Cn3sc(=O)[nH]c3=O)cc2)n1.CC(C)(C)c1cc(NC(=O)Nc2nc(-c3ccccc3)cs2)n(-c2ccc(Cn3sc(=O)[nH]c3=O)cc2)n1.CC(C)(C)c1cc(NC(=O)Nc2nc3ccccc3[nH]2)n(-c2ccc(Cn3sc(=O)[nH]c3=O)cc2)n1. The average Bonchev–Trinajstić information content (AvgIpc) is 1.66. The number of aromatic nitrogens is 17. The number of hydrogen-bond donors (Lipinski definition) is 10. The molecule has 0 bridgehead atoms. The number of para-hydroxylation sites is 2. The van der Waals surface area contributed by atoms with E-state index in [1.54, 1.807) is 20.1 Å². The summed E-state index contributed by atoms with van der Waals surface area (Å²) >= 11 is 3.87. The van der Waals surface area contributed by atoms with Gasteiger partial charge < -0.3 is 4.98 Å². The molecule has 0 spiro atoms. The van der Waals surface area contributed by atoms with E-state index in [2.05, 4.69) is 71.8 Å². The highest BCUT2D eigenvalue weighted by Crippen LogP contribution is 2.31. The fraction of sp³-hybridized carbons (Fsp3) is 0.211. The van der Waals surface area contributed by atoms with Gasteiger partial charge in [-0.15, -0.1) is 11.3 Å². The topological polar surface area (TPSA) is 409 Å². The minimum absolute atomic E-state index is 0.238. The summed E-state index contributed by atoms with van der Waals surface area (Å²) < 4.78 is 9.05. The molecule has 32 nitrogen and oxygen atoms in total. The second kappa shape index (κ2) is 31.3. The van der Waals surface area contributed by atoms with Crippen LogP contribution in [0.1, 0.15) is 96.1 Å². The van der Waals surface area contributed by atoms with E-state index < -0.39 is 35.2 Å². The first-order valence-electron chi connectivity index (χ1n) is 33.0. The van der Waals surface area contributed by atoms with Gasteiger partial charge >= 0.3 is 49.8 Å². The van der Waals surface area contributed by atoms with E-state index in [4.69, 9.17) is 15.3 Å². The maximum Gasteiger partial charge on any atom is 0.338 e. The van der Waals surface area contributed by atoms with Gasteiger partial charge in [-0.2, -0.15) is 15.3 Å². The van der Waals surface area contributed by atoms with Crippen molar-refractivity contribution in [1.82, 2.24) is 81.1 Å². The number of benzene rings is 5. The lowest BCUT2D eigenvalue weighted by molar-refractivity contribution is 0.261. The van der Waals surface area contributed by atoms with Crippen LogP contribution in [0.2, 0.25) is 0 Å². The van der Waals surface area contributed by atoms with Crippen LogP contribution in [0, 0.1) is 0 Å². The van der Waals surface area contributed by atoms with E-state index >= 15 is 0 Å². The Morgan fingerprint density at radius 1 is 0.439 bits per heavy atom. The van der Waals surface area contributed by atoms with E-state index in [1.807, 2.05) is 213 Å². The fourth-order valence-corrected chi connectivity index (χ4v) is 13.0. The Kier molecular flexibility index (Phi) is 21.6. The van der Waals surface area contributed by atoms with Crippen molar-refractivity contribution in [3.05, 3.63) is 264 Å². The molecular weight excluding hydrogens is 1450 g/mol. The second-order valence-electron chi connectivity index (χ2n) is 27.1. The van der Waals surface area contributed by atoms with E-state index in [-0.39, 0.29) is 50.5 Å². The molecule has 6 amide bonds. The van der Waals surface area contributed by atoms with Gasteiger partial charge in [0.2, 0.25) is 5.95 Å². The highest BCUT2D eigenvalue weighted by molar-refractivity contribution is 7.14. The summed E-state index contributed by atoms with van der Waals surface area (Å²) in [5.41, 5.74) is 8.43.